The molecule has 2 rings (SSSR count). The van der Waals surface area contributed by atoms with Crippen LogP contribution in [0.15, 0.2) is 41.3 Å². The molecule has 1 N–H and O–H groups in total. The van der Waals surface area contributed by atoms with Gasteiger partial charge in [0.1, 0.15) is 5.69 Å². The second-order valence-electron chi connectivity index (χ2n) is 4.18. The average molecular weight is 298 g/mol. The van der Waals surface area contributed by atoms with Gasteiger partial charge in [0.25, 0.3) is 5.56 Å². The molecule has 0 bridgehead atoms. The monoisotopic (exact) mass is 298 g/mol. The van der Waals surface area contributed by atoms with Gasteiger partial charge in [-0.1, -0.05) is 6.07 Å². The van der Waals surface area contributed by atoms with Gasteiger partial charge in [0.2, 0.25) is 0 Å². The van der Waals surface area contributed by atoms with Crippen molar-refractivity contribution in [3.8, 4) is 0 Å². The van der Waals surface area contributed by atoms with Crippen LogP contribution < -0.4 is 5.56 Å². The number of hydrogen-bond acceptors (Lipinski definition) is 3. The molecular weight excluding hydrogens is 289 g/mol. The summed E-state index contributed by atoms with van der Waals surface area (Å²) < 4.78 is 39.1. The minimum atomic E-state index is -4.67. The van der Waals surface area contributed by atoms with Crippen molar-refractivity contribution >= 4 is 5.97 Å². The lowest BCUT2D eigenvalue weighted by Gasteiger charge is -2.14. The van der Waals surface area contributed by atoms with Crippen LogP contribution in [0.1, 0.15) is 21.7 Å². The molecule has 2 heterocycles. The van der Waals surface area contributed by atoms with E-state index in [4.69, 9.17) is 5.11 Å². The van der Waals surface area contributed by atoms with Crippen LogP contribution in [0.2, 0.25) is 0 Å². The first kappa shape index (κ1) is 14.8. The average Bonchev–Trinajstić information content (AvgIpc) is 2.40. The summed E-state index contributed by atoms with van der Waals surface area (Å²) in [5.74, 6) is -1.19. The molecule has 110 valence electrons. The molecule has 0 aromatic carbocycles. The first-order valence-electron chi connectivity index (χ1n) is 5.74. The molecule has 0 aliphatic rings. The van der Waals surface area contributed by atoms with E-state index >= 15 is 0 Å². The lowest BCUT2D eigenvalue weighted by molar-refractivity contribution is -0.144. The van der Waals surface area contributed by atoms with Crippen LogP contribution in [0.4, 0.5) is 13.2 Å². The lowest BCUT2D eigenvalue weighted by Crippen LogP contribution is -2.27. The summed E-state index contributed by atoms with van der Waals surface area (Å²) in [5, 5.41) is 8.72. The molecule has 5 nitrogen and oxygen atoms in total. The highest BCUT2D eigenvalue weighted by Crippen LogP contribution is 2.28. The van der Waals surface area contributed by atoms with Crippen LogP contribution in [-0.4, -0.2) is 20.6 Å². The Morgan fingerprint density at radius 3 is 2.48 bits per heavy atom. The fourth-order valence-corrected chi connectivity index (χ4v) is 1.74. The number of aromatic carboxylic acids is 1. The molecule has 8 heteroatoms. The number of aromatic nitrogens is 2. The van der Waals surface area contributed by atoms with Crippen LogP contribution in [0, 0.1) is 0 Å². The van der Waals surface area contributed by atoms with Crippen LogP contribution in [0.25, 0.3) is 0 Å². The molecule has 2 aromatic heterocycles. The Balaban J connectivity index is 2.40. The Hall–Kier alpha value is -2.64. The fourth-order valence-electron chi connectivity index (χ4n) is 1.74. The topological polar surface area (TPSA) is 72.2 Å². The van der Waals surface area contributed by atoms with Gasteiger partial charge >= 0.3 is 12.1 Å². The molecule has 0 fully saturated rings. The number of carbonyl (C=O) groups is 1. The van der Waals surface area contributed by atoms with Gasteiger partial charge in [0.15, 0.2) is 0 Å². The molecule has 0 amide bonds. The van der Waals surface area contributed by atoms with Gasteiger partial charge in [-0.2, -0.15) is 13.2 Å². The fraction of sp³-hybridized carbons (Fsp3) is 0.154. The first-order valence-corrected chi connectivity index (χ1v) is 5.74. The number of alkyl halides is 3. The Labute approximate surface area is 116 Å². The smallest absolute Gasteiger partial charge is 0.431 e. The third-order valence-electron chi connectivity index (χ3n) is 2.73. The minimum Gasteiger partial charge on any atom is -0.478 e. The van der Waals surface area contributed by atoms with Crippen molar-refractivity contribution in [2.45, 2.75) is 12.7 Å². The van der Waals surface area contributed by atoms with Crippen molar-refractivity contribution in [1.29, 1.82) is 0 Å². The van der Waals surface area contributed by atoms with E-state index in [0.717, 1.165) is 24.4 Å². The summed E-state index contributed by atoms with van der Waals surface area (Å²) in [5.41, 5.74) is -1.83. The van der Waals surface area contributed by atoms with Crippen molar-refractivity contribution in [3.05, 3.63) is 63.8 Å². The number of halogens is 3. The number of pyridine rings is 2. The molecule has 0 atom stereocenters. The van der Waals surface area contributed by atoms with Gasteiger partial charge in [-0.15, -0.1) is 0 Å². The van der Waals surface area contributed by atoms with E-state index in [1.165, 1.54) is 12.1 Å². The van der Waals surface area contributed by atoms with Crippen molar-refractivity contribution in [2.75, 3.05) is 0 Å². The van der Waals surface area contributed by atoms with Gasteiger partial charge in [-0.25, -0.2) is 4.79 Å². The quantitative estimate of drug-likeness (QED) is 0.941. The zero-order chi connectivity index (χ0) is 15.6. The summed E-state index contributed by atoms with van der Waals surface area (Å²) in [6.07, 6.45) is -3.64. The minimum absolute atomic E-state index is 0.0878. The van der Waals surface area contributed by atoms with E-state index in [2.05, 4.69) is 4.98 Å². The Kier molecular flexibility index (Phi) is 3.79. The predicted octanol–water partition coefficient (Wildman–Crippen LogP) is 2.01. The summed E-state index contributed by atoms with van der Waals surface area (Å²) >= 11 is 0. The highest BCUT2D eigenvalue weighted by Gasteiger charge is 2.34. The van der Waals surface area contributed by atoms with E-state index in [9.17, 15) is 22.8 Å². The predicted molar refractivity (Wildman–Crippen MR) is 66.0 cm³/mol. The summed E-state index contributed by atoms with van der Waals surface area (Å²) in [6.45, 7) is -0.394. The van der Waals surface area contributed by atoms with E-state index in [-0.39, 0.29) is 11.3 Å². The Morgan fingerprint density at radius 1 is 1.24 bits per heavy atom. The number of carboxylic acids is 1. The van der Waals surface area contributed by atoms with E-state index in [0.29, 0.717) is 4.57 Å². The first-order chi connectivity index (χ1) is 9.79. The van der Waals surface area contributed by atoms with Gasteiger partial charge in [-0.05, 0) is 18.2 Å². The second-order valence-corrected chi connectivity index (χ2v) is 4.18. The normalized spacial score (nSPS) is 11.4. The van der Waals surface area contributed by atoms with Crippen LogP contribution in [-0.2, 0) is 12.7 Å². The van der Waals surface area contributed by atoms with Crippen LogP contribution in [0.5, 0.6) is 0 Å². The second kappa shape index (κ2) is 5.39. The third kappa shape index (κ3) is 3.28. The van der Waals surface area contributed by atoms with E-state index < -0.39 is 29.9 Å². The molecule has 0 spiro atoms. The Morgan fingerprint density at radius 2 is 1.95 bits per heavy atom. The van der Waals surface area contributed by atoms with Crippen molar-refractivity contribution in [1.82, 2.24) is 9.55 Å². The molecule has 0 aliphatic carbocycles. The number of hydrogen-bond donors (Lipinski definition) is 1. The van der Waals surface area contributed by atoms with Crippen molar-refractivity contribution < 1.29 is 23.1 Å². The molecular formula is C13H9F3N2O3. The molecule has 0 aliphatic heterocycles. The number of carboxylic acid groups (broad SMARTS) is 1. The lowest BCUT2D eigenvalue weighted by atomic mass is 10.2. The molecule has 0 saturated heterocycles. The van der Waals surface area contributed by atoms with Crippen molar-refractivity contribution in [2.24, 2.45) is 0 Å². The van der Waals surface area contributed by atoms with Gasteiger partial charge in [0.05, 0.1) is 17.8 Å². The largest absolute Gasteiger partial charge is 0.478 e. The number of rotatable bonds is 3. The number of nitrogens with zero attached hydrogens (tertiary/aromatic N) is 2. The van der Waals surface area contributed by atoms with E-state index in [1.807, 2.05) is 0 Å². The van der Waals surface area contributed by atoms with Crippen molar-refractivity contribution in [3.63, 3.8) is 0 Å². The van der Waals surface area contributed by atoms with Crippen LogP contribution in [0.3, 0.4) is 0 Å². The molecule has 2 aromatic rings. The zero-order valence-corrected chi connectivity index (χ0v) is 10.5. The molecule has 0 saturated carbocycles. The standard InChI is InChI=1S/C13H9F3N2O3/c14-13(15,16)10-2-1-3-11(19)18(10)7-9-5-4-8(6-17-9)12(20)21/h1-6H,7H2,(H,20,21). The molecule has 0 unspecified atom stereocenters. The molecule has 0 radical (unpaired) electrons. The van der Waals surface area contributed by atoms with Crippen LogP contribution >= 0.6 is 0 Å². The summed E-state index contributed by atoms with van der Waals surface area (Å²) in [7, 11) is 0. The highest BCUT2D eigenvalue weighted by molar-refractivity contribution is 5.87. The summed E-state index contributed by atoms with van der Waals surface area (Å²) in [6, 6.07) is 5.32. The maximum Gasteiger partial charge on any atom is 0.431 e. The maximum absolute atomic E-state index is 12.8. The van der Waals surface area contributed by atoms with E-state index in [1.54, 1.807) is 0 Å². The SMILES string of the molecule is O=C(O)c1ccc(Cn2c(C(F)(F)F)cccc2=O)nc1. The van der Waals surface area contributed by atoms with Gasteiger partial charge in [-0.3, -0.25) is 14.3 Å². The highest BCUT2D eigenvalue weighted by atomic mass is 19.4. The zero-order valence-electron chi connectivity index (χ0n) is 10.5. The summed E-state index contributed by atoms with van der Waals surface area (Å²) in [4.78, 5) is 26.0. The van der Waals surface area contributed by atoms with Gasteiger partial charge < -0.3 is 5.11 Å². The van der Waals surface area contributed by atoms with Gasteiger partial charge in [0, 0.05) is 12.3 Å². The maximum atomic E-state index is 12.8. The molecule has 21 heavy (non-hydrogen) atoms. The third-order valence-corrected chi connectivity index (χ3v) is 2.73. The Bertz CT molecular complexity index is 721.